The summed E-state index contributed by atoms with van der Waals surface area (Å²) in [6, 6.07) is -2.13. The highest BCUT2D eigenvalue weighted by Gasteiger charge is 2.48. The highest BCUT2D eigenvalue weighted by molar-refractivity contribution is 5.92. The van der Waals surface area contributed by atoms with E-state index in [2.05, 4.69) is 5.32 Å². The maximum atomic E-state index is 12.6. The van der Waals surface area contributed by atoms with Gasteiger partial charge in [0.1, 0.15) is 12.1 Å². The molecule has 0 aliphatic carbocycles. The second kappa shape index (κ2) is 9.62. The topological polar surface area (TPSA) is 75.7 Å². The molecule has 1 aliphatic heterocycles. The van der Waals surface area contributed by atoms with Gasteiger partial charge in [0, 0.05) is 6.54 Å². The molecule has 2 amide bonds. The Labute approximate surface area is 145 Å². The van der Waals surface area contributed by atoms with Gasteiger partial charge in [-0.25, -0.2) is 4.79 Å². The Morgan fingerprint density at radius 1 is 1.24 bits per heavy atom. The van der Waals surface area contributed by atoms with E-state index in [4.69, 9.17) is 4.74 Å². The van der Waals surface area contributed by atoms with Gasteiger partial charge in [-0.05, 0) is 25.7 Å². The van der Waals surface area contributed by atoms with Crippen molar-refractivity contribution < 1.29 is 32.3 Å². The van der Waals surface area contributed by atoms with Gasteiger partial charge >= 0.3 is 18.1 Å². The van der Waals surface area contributed by atoms with Gasteiger partial charge in [0.2, 0.25) is 5.91 Å². The average Bonchev–Trinajstić information content (AvgIpc) is 3.02. The number of carbonyl (C=O) groups excluding carboxylic acids is 3. The summed E-state index contributed by atoms with van der Waals surface area (Å²) >= 11 is 0. The molecule has 1 aliphatic rings. The van der Waals surface area contributed by atoms with Crippen LogP contribution in [0.15, 0.2) is 0 Å². The van der Waals surface area contributed by atoms with Gasteiger partial charge in [0.15, 0.2) is 0 Å². The van der Waals surface area contributed by atoms with E-state index in [1.165, 1.54) is 0 Å². The Morgan fingerprint density at radius 2 is 1.92 bits per heavy atom. The lowest BCUT2D eigenvalue weighted by Gasteiger charge is -2.26. The van der Waals surface area contributed by atoms with Crippen LogP contribution < -0.4 is 5.32 Å². The SMILES string of the molecule is CCCCOC(=O)[C@H](CCC)NC(=O)[C@@H]1CCCN1C(=O)C(F)(F)F. The number of hydrogen-bond acceptors (Lipinski definition) is 4. The Hall–Kier alpha value is -1.80. The average molecular weight is 366 g/mol. The fourth-order valence-electron chi connectivity index (χ4n) is 2.67. The number of unbranched alkanes of at least 4 members (excludes halogenated alkanes) is 1. The molecule has 0 spiro atoms. The minimum Gasteiger partial charge on any atom is -0.464 e. The summed E-state index contributed by atoms with van der Waals surface area (Å²) in [5.41, 5.74) is 0. The van der Waals surface area contributed by atoms with Crippen LogP contribution >= 0.6 is 0 Å². The van der Waals surface area contributed by atoms with E-state index in [0.29, 0.717) is 30.6 Å². The van der Waals surface area contributed by atoms with Gasteiger partial charge in [0.05, 0.1) is 6.61 Å². The first-order chi connectivity index (χ1) is 11.7. The van der Waals surface area contributed by atoms with E-state index in [1.807, 2.05) is 13.8 Å². The number of nitrogens with one attached hydrogen (secondary N) is 1. The Bertz CT molecular complexity index is 482. The second-order valence-electron chi connectivity index (χ2n) is 6.03. The van der Waals surface area contributed by atoms with Gasteiger partial charge in [-0.2, -0.15) is 13.2 Å². The molecule has 0 bridgehead atoms. The summed E-state index contributed by atoms with van der Waals surface area (Å²) in [5, 5.41) is 2.45. The highest BCUT2D eigenvalue weighted by Crippen LogP contribution is 2.25. The van der Waals surface area contributed by atoms with E-state index < -0.39 is 36.0 Å². The molecule has 0 radical (unpaired) electrons. The lowest BCUT2D eigenvalue weighted by atomic mass is 10.1. The molecule has 1 N–H and O–H groups in total. The molecule has 0 aromatic heterocycles. The molecule has 1 fully saturated rings. The molecule has 6 nitrogen and oxygen atoms in total. The minimum absolute atomic E-state index is 0.129. The molecule has 0 aromatic rings. The summed E-state index contributed by atoms with van der Waals surface area (Å²) < 4.78 is 43.0. The van der Waals surface area contributed by atoms with Gasteiger partial charge in [-0.1, -0.05) is 26.7 Å². The van der Waals surface area contributed by atoms with Crippen LogP contribution in [0.3, 0.4) is 0 Å². The zero-order valence-electron chi connectivity index (χ0n) is 14.5. The summed E-state index contributed by atoms with van der Waals surface area (Å²) in [5.74, 6) is -3.38. The van der Waals surface area contributed by atoms with Crippen molar-refractivity contribution in [1.29, 1.82) is 0 Å². The van der Waals surface area contributed by atoms with Gasteiger partial charge in [-0.15, -0.1) is 0 Å². The van der Waals surface area contributed by atoms with Crippen LogP contribution in [-0.2, 0) is 19.1 Å². The quantitative estimate of drug-likeness (QED) is 0.528. The Morgan fingerprint density at radius 3 is 2.48 bits per heavy atom. The largest absolute Gasteiger partial charge is 0.471 e. The summed E-state index contributed by atoms with van der Waals surface area (Å²) in [7, 11) is 0. The maximum Gasteiger partial charge on any atom is 0.471 e. The molecule has 1 heterocycles. The molecule has 0 aromatic carbocycles. The first-order valence-corrected chi connectivity index (χ1v) is 8.57. The summed E-state index contributed by atoms with van der Waals surface area (Å²) in [6.45, 7) is 3.85. The van der Waals surface area contributed by atoms with Crippen molar-refractivity contribution in [3.05, 3.63) is 0 Å². The number of esters is 1. The molecule has 25 heavy (non-hydrogen) atoms. The van der Waals surface area contributed by atoms with Gasteiger partial charge in [-0.3, -0.25) is 9.59 Å². The van der Waals surface area contributed by atoms with Crippen molar-refractivity contribution >= 4 is 17.8 Å². The molecule has 9 heteroatoms. The van der Waals surface area contributed by atoms with E-state index in [9.17, 15) is 27.6 Å². The Kier molecular flexibility index (Phi) is 8.18. The zero-order valence-corrected chi connectivity index (χ0v) is 14.5. The van der Waals surface area contributed by atoms with Crippen molar-refractivity contribution in [3.8, 4) is 0 Å². The fourth-order valence-corrected chi connectivity index (χ4v) is 2.67. The second-order valence-corrected chi connectivity index (χ2v) is 6.03. The third kappa shape index (κ3) is 6.21. The molecule has 2 atom stereocenters. The van der Waals surface area contributed by atoms with Crippen molar-refractivity contribution in [2.75, 3.05) is 13.2 Å². The third-order valence-corrected chi connectivity index (χ3v) is 3.98. The molecule has 0 unspecified atom stereocenters. The monoisotopic (exact) mass is 366 g/mol. The van der Waals surface area contributed by atoms with Crippen LogP contribution in [-0.4, -0.2) is 54.1 Å². The maximum absolute atomic E-state index is 12.6. The summed E-state index contributed by atoms with van der Waals surface area (Å²) in [4.78, 5) is 36.3. The van der Waals surface area contributed by atoms with Crippen LogP contribution in [0.25, 0.3) is 0 Å². The number of halogens is 3. The van der Waals surface area contributed by atoms with E-state index in [-0.39, 0.29) is 19.6 Å². The van der Waals surface area contributed by atoms with Crippen LogP contribution in [0.1, 0.15) is 52.4 Å². The van der Waals surface area contributed by atoms with Crippen LogP contribution in [0.4, 0.5) is 13.2 Å². The molecule has 1 saturated heterocycles. The van der Waals surface area contributed by atoms with E-state index in [1.54, 1.807) is 0 Å². The molecule has 0 saturated carbocycles. The first-order valence-electron chi connectivity index (χ1n) is 8.57. The number of alkyl halides is 3. The van der Waals surface area contributed by atoms with Crippen LogP contribution in [0.2, 0.25) is 0 Å². The molecular formula is C16H25F3N2O4. The number of rotatable bonds is 8. The smallest absolute Gasteiger partial charge is 0.464 e. The third-order valence-electron chi connectivity index (χ3n) is 3.98. The standard InChI is InChI=1S/C16H25F3N2O4/c1-3-5-10-25-14(23)11(7-4-2)20-13(22)12-8-6-9-21(12)15(24)16(17,18)19/h11-12H,3-10H2,1-2H3,(H,20,22)/t11-,12-/m0/s1. The number of carbonyl (C=O) groups is 3. The van der Waals surface area contributed by atoms with Crippen LogP contribution in [0, 0.1) is 0 Å². The predicted molar refractivity (Wildman–Crippen MR) is 83.5 cm³/mol. The van der Waals surface area contributed by atoms with Crippen LogP contribution in [0.5, 0.6) is 0 Å². The minimum atomic E-state index is -5.02. The molecular weight excluding hydrogens is 341 g/mol. The fraction of sp³-hybridized carbons (Fsp3) is 0.812. The van der Waals surface area contributed by atoms with Crippen molar-refractivity contribution in [3.63, 3.8) is 0 Å². The zero-order chi connectivity index (χ0) is 19.0. The number of likely N-dealkylation sites (tertiary alicyclic amines) is 1. The lowest BCUT2D eigenvalue weighted by molar-refractivity contribution is -0.186. The summed E-state index contributed by atoms with van der Waals surface area (Å²) in [6.07, 6.45) is -2.15. The van der Waals surface area contributed by atoms with E-state index in [0.717, 1.165) is 6.42 Å². The first kappa shape index (κ1) is 21.2. The van der Waals surface area contributed by atoms with Crippen molar-refractivity contribution in [2.45, 2.75) is 70.6 Å². The highest BCUT2D eigenvalue weighted by atomic mass is 19.4. The van der Waals surface area contributed by atoms with Gasteiger partial charge in [0.25, 0.3) is 0 Å². The van der Waals surface area contributed by atoms with E-state index >= 15 is 0 Å². The molecule has 144 valence electrons. The number of ether oxygens (including phenoxy) is 1. The normalized spacial score (nSPS) is 18.8. The predicted octanol–water partition coefficient (Wildman–Crippen LogP) is 2.17. The lowest BCUT2D eigenvalue weighted by Crippen LogP contribution is -2.53. The number of nitrogens with zero attached hydrogens (tertiary/aromatic N) is 1. The van der Waals surface area contributed by atoms with Crippen molar-refractivity contribution in [1.82, 2.24) is 10.2 Å². The van der Waals surface area contributed by atoms with Gasteiger partial charge < -0.3 is 15.0 Å². The Balaban J connectivity index is 2.72. The number of amides is 2. The molecule has 1 rings (SSSR count). The van der Waals surface area contributed by atoms with Crippen molar-refractivity contribution in [2.24, 2.45) is 0 Å². The number of hydrogen-bond donors (Lipinski definition) is 1.